The van der Waals surface area contributed by atoms with Gasteiger partial charge in [0.1, 0.15) is 0 Å². The molecule has 142 heavy (non-hydrogen) atoms. The topological polar surface area (TPSA) is 392 Å². The van der Waals surface area contributed by atoms with E-state index in [4.69, 9.17) is 4.74 Å². The van der Waals surface area contributed by atoms with Gasteiger partial charge in [-0.05, 0) is 214 Å². The summed E-state index contributed by atoms with van der Waals surface area (Å²) in [6, 6.07) is 81.6. The first-order valence-electron chi connectivity index (χ1n) is 46.8. The highest BCUT2D eigenvalue weighted by Gasteiger charge is 2.28. The first-order valence-corrected chi connectivity index (χ1v) is 46.8. The minimum Gasteiger partial charge on any atom is -0.372 e. The van der Waals surface area contributed by atoms with Crippen LogP contribution in [0.25, 0.3) is 45.0 Å². The summed E-state index contributed by atoms with van der Waals surface area (Å²) in [6.45, 7) is 22.6. The van der Waals surface area contributed by atoms with Crippen LogP contribution < -0.4 is 62.1 Å². The van der Waals surface area contributed by atoms with Gasteiger partial charge in [-0.2, -0.15) is 5.10 Å². The molecule has 6 aromatic heterocycles. The number of carbonyl (C=O) groups excluding carboxylic acids is 7. The van der Waals surface area contributed by atoms with E-state index < -0.39 is 0 Å². The molecule has 10 heterocycles. The van der Waals surface area contributed by atoms with Crippen LogP contribution in [0.4, 0.5) is 92.0 Å². The molecule has 0 saturated carbocycles. The Kier molecular flexibility index (Phi) is 32.2. The highest BCUT2D eigenvalue weighted by atomic mass is 16.5. The number of morpholine rings is 1. The van der Waals surface area contributed by atoms with Gasteiger partial charge in [0.2, 0.25) is 47.4 Å². The van der Waals surface area contributed by atoms with E-state index in [1.54, 1.807) is 61.7 Å². The number of piperazine rings is 3. The van der Waals surface area contributed by atoms with Crippen molar-refractivity contribution in [1.82, 2.24) is 69.8 Å². The second-order valence-electron chi connectivity index (χ2n) is 34.3. The van der Waals surface area contributed by atoms with Crippen molar-refractivity contribution in [2.75, 3.05) is 154 Å². The average Bonchev–Trinajstić information content (AvgIpc) is 1.67. The molecule has 34 heteroatoms. The van der Waals surface area contributed by atoms with Gasteiger partial charge in [-0.1, -0.05) is 66.7 Å². The Morgan fingerprint density at radius 1 is 0.310 bits per heavy atom. The first-order chi connectivity index (χ1) is 69.0. The largest absolute Gasteiger partial charge is 0.372 e. The molecule has 0 spiro atoms. The van der Waals surface area contributed by atoms with E-state index >= 15 is 0 Å². The summed E-state index contributed by atoms with van der Waals surface area (Å²) in [5.41, 5.74) is 21.0. The van der Waals surface area contributed by atoms with E-state index in [-0.39, 0.29) is 53.6 Å². The van der Waals surface area contributed by atoms with E-state index in [2.05, 4.69) is 180 Å². The van der Waals surface area contributed by atoms with E-state index in [1.165, 1.54) is 33.4 Å². The van der Waals surface area contributed by atoms with Crippen molar-refractivity contribution in [1.29, 1.82) is 0 Å². The fourth-order valence-electron chi connectivity index (χ4n) is 16.7. The molecular formula is C108H110N26O8. The standard InChI is InChI=1S/C30H30N6O2.C28H27N7O2.C26H26N8O2.C24H27N5O2/c1-21-5-3-4-6-27(21)29(38)36-19-17-35(18-20-36)26-13-11-25(12-14-26)33-30-31-16-15-28(34-30)23-7-9-24(10-8-23)32-22(2)37;1-20(36)31-23-6-4-21(5-7-23)26-12-14-30-28(33-26)32-24-8-10-25(11-9-24)34-15-17-35(18-16-34)27(37)22-3-2-13-29-19-22;1-18(35)30-21-4-2-19(3-5-21)24-10-11-27-26(32-24)31-22-6-8-23(9-7-22)33-12-14-34(15-13-33)25(36)20-16-28-29-17-20;1-16-14-29(15-17(2)31-16)22-10-8-21(9-11-22)27-24-25-13-12-23(28-24)19-4-6-20(7-5-19)26-18(3)30/h3-16H,17-20H2,1-2H3,(H,32,37)(H,31,33,34);2-14,19H,15-18H2,1H3,(H,31,36)(H,30,32,33);2-11,16-17H,12-15H2,1H3,(H,28,29)(H,30,35)(H,27,31,32);4-13,16-17H,14-15H2,1-3H3,(H,26,30)(H,25,27,28)/t;;;16-,17+. The van der Waals surface area contributed by atoms with Crippen molar-refractivity contribution in [3.63, 3.8) is 0 Å². The molecule has 9 N–H and O–H groups in total. The highest BCUT2D eigenvalue weighted by molar-refractivity contribution is 5.97. The fourth-order valence-corrected chi connectivity index (χ4v) is 16.7. The Bertz CT molecular complexity index is 6790. The highest BCUT2D eigenvalue weighted by Crippen LogP contribution is 2.33. The molecule has 720 valence electrons. The zero-order chi connectivity index (χ0) is 98.8. The third-order valence-corrected chi connectivity index (χ3v) is 23.7. The fraction of sp³-hybridized carbons (Fsp3) is 0.213. The summed E-state index contributed by atoms with van der Waals surface area (Å²) in [5, 5.41) is 30.7. The van der Waals surface area contributed by atoms with Crippen molar-refractivity contribution in [3.05, 3.63) is 327 Å². The number of ether oxygens (including phenoxy) is 1. The second-order valence-corrected chi connectivity index (χ2v) is 34.3. The number of aromatic nitrogens is 11. The molecule has 0 aliphatic carbocycles. The lowest BCUT2D eigenvalue weighted by Gasteiger charge is -2.36. The van der Waals surface area contributed by atoms with Crippen LogP contribution in [0.15, 0.2) is 304 Å². The number of aromatic amines is 1. The lowest BCUT2D eigenvalue weighted by molar-refractivity contribution is -0.115. The van der Waals surface area contributed by atoms with Gasteiger partial charge >= 0.3 is 0 Å². The Balaban J connectivity index is 0.000000136. The summed E-state index contributed by atoms with van der Waals surface area (Å²) >= 11 is 0. The quantitative estimate of drug-likeness (QED) is 0.0287. The van der Waals surface area contributed by atoms with Crippen molar-refractivity contribution in [2.45, 2.75) is 60.7 Å². The zero-order valence-electron chi connectivity index (χ0n) is 79.8. The van der Waals surface area contributed by atoms with Gasteiger partial charge in [-0.15, -0.1) is 0 Å². The van der Waals surface area contributed by atoms with Crippen molar-refractivity contribution < 1.29 is 38.3 Å². The SMILES string of the molecule is CC(=O)Nc1ccc(-c2ccnc(Nc3ccc(N4CCN(C(=O)c5ccccc5C)CC4)cc3)n2)cc1.CC(=O)Nc1ccc(-c2ccnc(Nc3ccc(N4CCN(C(=O)c5cccnc5)CC4)cc3)n2)cc1.CC(=O)Nc1ccc(-c2ccnc(Nc3ccc(N4CCN(C(=O)c5cn[nH]c5)CC4)cc3)n2)cc1.CC(=O)Nc1ccc(-c2ccnc(Nc3ccc(N4C[C@@H](C)O[C@@H](C)C4)cc3)n2)cc1. The van der Waals surface area contributed by atoms with Gasteiger partial charge in [0.05, 0.1) is 52.3 Å². The summed E-state index contributed by atoms with van der Waals surface area (Å²) in [7, 11) is 0. The molecule has 34 nitrogen and oxygen atoms in total. The number of aryl methyl sites for hydroxylation is 1. The molecule has 0 unspecified atom stereocenters. The normalized spacial score (nSPS) is 14.4. The van der Waals surface area contributed by atoms with Crippen LogP contribution in [0.3, 0.4) is 0 Å². The smallest absolute Gasteiger partial charge is 0.257 e. The number of pyridine rings is 1. The molecule has 2 atom stereocenters. The van der Waals surface area contributed by atoms with E-state index in [1.807, 2.05) is 216 Å². The number of amides is 7. The van der Waals surface area contributed by atoms with Crippen LogP contribution in [0.5, 0.6) is 0 Å². The molecule has 4 aliphatic rings. The van der Waals surface area contributed by atoms with Crippen LogP contribution in [0.1, 0.15) is 78.2 Å². The number of rotatable bonds is 23. The van der Waals surface area contributed by atoms with E-state index in [0.29, 0.717) is 74.2 Å². The van der Waals surface area contributed by atoms with Gasteiger partial charge in [0.15, 0.2) is 0 Å². The van der Waals surface area contributed by atoms with Crippen LogP contribution in [-0.4, -0.2) is 215 Å². The number of nitrogens with one attached hydrogen (secondary N) is 9. The molecule has 9 aromatic carbocycles. The minimum atomic E-state index is -0.106. The van der Waals surface area contributed by atoms with Gasteiger partial charge in [0, 0.05) is 259 Å². The van der Waals surface area contributed by atoms with Crippen molar-refractivity contribution in [2.24, 2.45) is 0 Å². The molecule has 4 saturated heterocycles. The summed E-state index contributed by atoms with van der Waals surface area (Å²) < 4.78 is 5.82. The average molecular weight is 1900 g/mol. The number of nitrogens with zero attached hydrogens (tertiary/aromatic N) is 17. The number of anilines is 16. The number of hydrogen-bond donors (Lipinski definition) is 9. The molecule has 4 aliphatic heterocycles. The van der Waals surface area contributed by atoms with Crippen molar-refractivity contribution >= 4 is 133 Å². The number of carbonyl (C=O) groups is 7. The Labute approximate surface area is 823 Å². The maximum Gasteiger partial charge on any atom is 0.257 e. The molecule has 4 fully saturated rings. The number of H-pyrrole nitrogens is 1. The maximum atomic E-state index is 12.9. The molecule has 15 aromatic rings. The number of hydrogen-bond acceptors (Lipinski definition) is 26. The maximum absolute atomic E-state index is 12.9. The van der Waals surface area contributed by atoms with Crippen LogP contribution in [0.2, 0.25) is 0 Å². The van der Waals surface area contributed by atoms with E-state index in [0.717, 1.165) is 171 Å². The summed E-state index contributed by atoms with van der Waals surface area (Å²) in [5.74, 6) is 1.76. The minimum absolute atomic E-state index is 0.00819. The second kappa shape index (κ2) is 46.9. The van der Waals surface area contributed by atoms with Crippen LogP contribution in [0, 0.1) is 6.92 Å². The molecule has 7 amide bonds. The molecule has 0 bridgehead atoms. The predicted octanol–water partition coefficient (Wildman–Crippen LogP) is 17.3. The number of benzene rings is 9. The zero-order valence-corrected chi connectivity index (χ0v) is 79.8. The first kappa shape index (κ1) is 97.4. The lowest BCUT2D eigenvalue weighted by atomic mass is 10.1. The lowest BCUT2D eigenvalue weighted by Crippen LogP contribution is -2.48. The van der Waals surface area contributed by atoms with Crippen molar-refractivity contribution in [3.8, 4) is 45.0 Å². The van der Waals surface area contributed by atoms with Gasteiger partial charge < -0.3 is 81.6 Å². The van der Waals surface area contributed by atoms with Crippen LogP contribution in [-0.2, 0) is 23.9 Å². The molecule has 19 rings (SSSR count). The molecule has 0 radical (unpaired) electrons. The Morgan fingerprint density at radius 3 is 0.894 bits per heavy atom. The monoisotopic (exact) mass is 1900 g/mol. The Hall–Kier alpha value is -17.7. The van der Waals surface area contributed by atoms with Gasteiger partial charge in [-0.25, -0.2) is 39.9 Å². The molecular weight excluding hydrogens is 1790 g/mol. The predicted molar refractivity (Wildman–Crippen MR) is 557 cm³/mol. The van der Waals surface area contributed by atoms with E-state index in [9.17, 15) is 33.6 Å². The van der Waals surface area contributed by atoms with Gasteiger partial charge in [0.25, 0.3) is 17.7 Å². The Morgan fingerprint density at radius 2 is 0.606 bits per heavy atom. The van der Waals surface area contributed by atoms with Crippen LogP contribution >= 0.6 is 0 Å². The summed E-state index contributed by atoms with van der Waals surface area (Å²) in [6.07, 6.45) is 13.8. The third kappa shape index (κ3) is 27.0. The third-order valence-electron chi connectivity index (χ3n) is 23.7. The summed E-state index contributed by atoms with van der Waals surface area (Å²) in [4.78, 5) is 138. The van der Waals surface area contributed by atoms with Gasteiger partial charge in [-0.3, -0.25) is 43.6 Å².